The standard InChI is InChI=1S/C29H34N2O5/c30-17-19-31(18-9-3-8-14-28(32)33)29(34)26-20-25(35-21-23-10-4-1-5-11-23)15-16-27(26)36-22-24-12-6-2-7-13-24/h1-2,4-7,10-13,15-16,20H,3,8-9,14,17-19,21-22,30H2,(H,32,33). The summed E-state index contributed by atoms with van der Waals surface area (Å²) in [5.74, 6) is 0.0524. The molecule has 0 aliphatic rings. The van der Waals surface area contributed by atoms with E-state index in [9.17, 15) is 9.59 Å². The second kappa shape index (κ2) is 14.5. The molecule has 0 spiro atoms. The summed E-state index contributed by atoms with van der Waals surface area (Å²) in [6.07, 6.45) is 2.12. The van der Waals surface area contributed by atoms with E-state index in [1.807, 2.05) is 60.7 Å². The van der Waals surface area contributed by atoms with Crippen molar-refractivity contribution in [2.45, 2.75) is 38.9 Å². The maximum Gasteiger partial charge on any atom is 0.303 e. The van der Waals surface area contributed by atoms with Crippen molar-refractivity contribution in [2.24, 2.45) is 5.73 Å². The number of hydrogen-bond donors (Lipinski definition) is 2. The predicted molar refractivity (Wildman–Crippen MR) is 139 cm³/mol. The number of carboxylic acids is 1. The monoisotopic (exact) mass is 490 g/mol. The van der Waals surface area contributed by atoms with Gasteiger partial charge in [-0.1, -0.05) is 67.1 Å². The van der Waals surface area contributed by atoms with E-state index in [0.29, 0.717) is 62.8 Å². The lowest BCUT2D eigenvalue weighted by Crippen LogP contribution is -2.36. The molecule has 3 N–H and O–H groups in total. The van der Waals surface area contributed by atoms with Gasteiger partial charge in [0, 0.05) is 26.1 Å². The Hall–Kier alpha value is -3.84. The normalized spacial score (nSPS) is 10.6. The van der Waals surface area contributed by atoms with Gasteiger partial charge in [0.25, 0.3) is 5.91 Å². The van der Waals surface area contributed by atoms with Gasteiger partial charge in [0.15, 0.2) is 0 Å². The minimum absolute atomic E-state index is 0.128. The van der Waals surface area contributed by atoms with Gasteiger partial charge in [-0.3, -0.25) is 9.59 Å². The van der Waals surface area contributed by atoms with Crippen LogP contribution in [0.4, 0.5) is 0 Å². The van der Waals surface area contributed by atoms with Crippen LogP contribution < -0.4 is 15.2 Å². The summed E-state index contributed by atoms with van der Waals surface area (Å²) in [6.45, 7) is 1.92. The second-order valence-electron chi connectivity index (χ2n) is 8.49. The van der Waals surface area contributed by atoms with Crippen molar-refractivity contribution in [2.75, 3.05) is 19.6 Å². The molecule has 36 heavy (non-hydrogen) atoms. The molecule has 0 aliphatic heterocycles. The van der Waals surface area contributed by atoms with Crippen LogP contribution in [0.5, 0.6) is 11.5 Å². The van der Waals surface area contributed by atoms with Crippen molar-refractivity contribution in [1.29, 1.82) is 0 Å². The molecule has 7 nitrogen and oxygen atoms in total. The summed E-state index contributed by atoms with van der Waals surface area (Å²) in [6, 6.07) is 24.9. The molecule has 3 rings (SSSR count). The van der Waals surface area contributed by atoms with Crippen molar-refractivity contribution >= 4 is 11.9 Å². The van der Waals surface area contributed by atoms with E-state index < -0.39 is 5.97 Å². The van der Waals surface area contributed by atoms with Gasteiger partial charge in [0.05, 0.1) is 5.56 Å². The molecule has 0 bridgehead atoms. The summed E-state index contributed by atoms with van der Waals surface area (Å²) < 4.78 is 12.0. The maximum absolute atomic E-state index is 13.6. The summed E-state index contributed by atoms with van der Waals surface area (Å²) >= 11 is 0. The molecule has 1 amide bonds. The fourth-order valence-corrected chi connectivity index (χ4v) is 3.76. The van der Waals surface area contributed by atoms with E-state index in [1.54, 1.807) is 23.1 Å². The topological polar surface area (TPSA) is 102 Å². The molecule has 3 aromatic rings. The minimum Gasteiger partial charge on any atom is -0.489 e. The van der Waals surface area contributed by atoms with Gasteiger partial charge in [-0.2, -0.15) is 0 Å². The lowest BCUT2D eigenvalue weighted by Gasteiger charge is -2.24. The Kier molecular flexibility index (Phi) is 10.8. The maximum atomic E-state index is 13.6. The quantitative estimate of drug-likeness (QED) is 0.294. The van der Waals surface area contributed by atoms with Crippen LogP contribution in [0.25, 0.3) is 0 Å². The first-order chi connectivity index (χ1) is 17.6. The Morgan fingerprint density at radius 2 is 1.42 bits per heavy atom. The Bertz CT molecular complexity index is 1090. The van der Waals surface area contributed by atoms with Crippen molar-refractivity contribution in [3.8, 4) is 11.5 Å². The third-order valence-corrected chi connectivity index (χ3v) is 5.67. The Morgan fingerprint density at radius 1 is 0.778 bits per heavy atom. The molecule has 0 saturated carbocycles. The summed E-state index contributed by atoms with van der Waals surface area (Å²) in [4.78, 5) is 26.1. The van der Waals surface area contributed by atoms with Crippen LogP contribution in [0.2, 0.25) is 0 Å². The minimum atomic E-state index is -0.808. The van der Waals surface area contributed by atoms with E-state index >= 15 is 0 Å². The first-order valence-corrected chi connectivity index (χ1v) is 12.3. The predicted octanol–water partition coefficient (Wildman–Crippen LogP) is 4.89. The SMILES string of the molecule is NCCN(CCCCCC(=O)O)C(=O)c1cc(OCc2ccccc2)ccc1OCc1ccccc1. The first-order valence-electron chi connectivity index (χ1n) is 12.3. The second-order valence-corrected chi connectivity index (χ2v) is 8.49. The highest BCUT2D eigenvalue weighted by atomic mass is 16.5. The van der Waals surface area contributed by atoms with Gasteiger partial charge >= 0.3 is 5.97 Å². The zero-order chi connectivity index (χ0) is 25.6. The van der Waals surface area contributed by atoms with E-state index in [0.717, 1.165) is 17.5 Å². The van der Waals surface area contributed by atoms with Crippen LogP contribution >= 0.6 is 0 Å². The molecule has 0 aliphatic carbocycles. The van der Waals surface area contributed by atoms with Crippen molar-refractivity contribution < 1.29 is 24.2 Å². The molecular weight excluding hydrogens is 456 g/mol. The molecule has 0 radical (unpaired) electrons. The van der Waals surface area contributed by atoms with Crippen molar-refractivity contribution in [3.63, 3.8) is 0 Å². The van der Waals surface area contributed by atoms with Gasteiger partial charge in [-0.25, -0.2) is 0 Å². The van der Waals surface area contributed by atoms with Crippen LogP contribution in [0.1, 0.15) is 47.2 Å². The highest BCUT2D eigenvalue weighted by molar-refractivity contribution is 5.97. The number of benzene rings is 3. The number of amides is 1. The van der Waals surface area contributed by atoms with Crippen molar-refractivity contribution in [1.82, 2.24) is 4.90 Å². The number of ether oxygens (including phenoxy) is 2. The first kappa shape index (κ1) is 26.8. The van der Waals surface area contributed by atoms with E-state index in [4.69, 9.17) is 20.3 Å². The number of carbonyl (C=O) groups excluding carboxylic acids is 1. The number of hydrogen-bond acceptors (Lipinski definition) is 5. The Balaban J connectivity index is 1.76. The number of carbonyl (C=O) groups is 2. The highest BCUT2D eigenvalue weighted by Gasteiger charge is 2.21. The molecule has 190 valence electrons. The third kappa shape index (κ3) is 8.74. The summed E-state index contributed by atoms with van der Waals surface area (Å²) in [5.41, 5.74) is 8.24. The fourth-order valence-electron chi connectivity index (χ4n) is 3.76. The van der Waals surface area contributed by atoms with Gasteiger partial charge in [-0.15, -0.1) is 0 Å². The van der Waals surface area contributed by atoms with Gasteiger partial charge in [0.1, 0.15) is 24.7 Å². The number of rotatable bonds is 15. The molecule has 7 heteroatoms. The van der Waals surface area contributed by atoms with Gasteiger partial charge in [0.2, 0.25) is 0 Å². The van der Waals surface area contributed by atoms with Crippen molar-refractivity contribution in [3.05, 3.63) is 95.6 Å². The molecule has 0 saturated heterocycles. The van der Waals surface area contributed by atoms with Crippen LogP contribution in [-0.2, 0) is 18.0 Å². The number of nitrogens with zero attached hydrogens (tertiary/aromatic N) is 1. The van der Waals surface area contributed by atoms with E-state index in [-0.39, 0.29) is 12.3 Å². The largest absolute Gasteiger partial charge is 0.489 e. The summed E-state index contributed by atoms with van der Waals surface area (Å²) in [7, 11) is 0. The fraction of sp³-hybridized carbons (Fsp3) is 0.310. The zero-order valence-corrected chi connectivity index (χ0v) is 20.5. The molecule has 3 aromatic carbocycles. The lowest BCUT2D eigenvalue weighted by molar-refractivity contribution is -0.137. The van der Waals surface area contributed by atoms with Crippen LogP contribution in [-0.4, -0.2) is 41.5 Å². The molecule has 0 heterocycles. The third-order valence-electron chi connectivity index (χ3n) is 5.67. The van der Waals surface area contributed by atoms with Gasteiger partial charge in [-0.05, 0) is 42.2 Å². The summed E-state index contributed by atoms with van der Waals surface area (Å²) in [5, 5.41) is 8.84. The molecule has 0 atom stereocenters. The van der Waals surface area contributed by atoms with Crippen LogP contribution in [0.15, 0.2) is 78.9 Å². The highest BCUT2D eigenvalue weighted by Crippen LogP contribution is 2.27. The number of unbranched alkanes of at least 4 members (excludes halogenated alkanes) is 2. The molecule has 0 fully saturated rings. The Labute approximate surface area is 212 Å². The lowest BCUT2D eigenvalue weighted by atomic mass is 10.1. The average Bonchev–Trinajstić information content (AvgIpc) is 2.90. The van der Waals surface area contributed by atoms with Crippen LogP contribution in [0, 0.1) is 0 Å². The van der Waals surface area contributed by atoms with E-state index in [2.05, 4.69) is 0 Å². The van der Waals surface area contributed by atoms with E-state index in [1.165, 1.54) is 0 Å². The average molecular weight is 491 g/mol. The molecule has 0 aromatic heterocycles. The van der Waals surface area contributed by atoms with Crippen LogP contribution in [0.3, 0.4) is 0 Å². The number of carboxylic acid groups (broad SMARTS) is 1. The smallest absolute Gasteiger partial charge is 0.303 e. The number of aliphatic carboxylic acids is 1. The number of nitrogens with two attached hydrogens (primary N) is 1. The Morgan fingerprint density at radius 3 is 2.03 bits per heavy atom. The molecule has 0 unspecified atom stereocenters. The molecular formula is C29H34N2O5. The zero-order valence-electron chi connectivity index (χ0n) is 20.5. The van der Waals surface area contributed by atoms with Gasteiger partial charge < -0.3 is 25.2 Å².